The van der Waals surface area contributed by atoms with Gasteiger partial charge in [0.05, 0.1) is 22.6 Å². The van der Waals surface area contributed by atoms with Crippen LogP contribution in [0, 0.1) is 11.2 Å². The van der Waals surface area contributed by atoms with Crippen LogP contribution >= 0.6 is 11.6 Å². The molecule has 11 heteroatoms. The van der Waals surface area contributed by atoms with E-state index in [1.807, 2.05) is 0 Å². The van der Waals surface area contributed by atoms with Crippen molar-refractivity contribution in [1.82, 2.24) is 9.97 Å². The highest BCUT2D eigenvalue weighted by Crippen LogP contribution is 2.49. The number of aliphatic hydroxyl groups excluding tert-OH is 1. The summed E-state index contributed by atoms with van der Waals surface area (Å²) < 4.78 is 24.7. The van der Waals surface area contributed by atoms with E-state index in [9.17, 15) is 23.9 Å². The summed E-state index contributed by atoms with van der Waals surface area (Å²) in [4.78, 5) is 46.8. The van der Waals surface area contributed by atoms with E-state index in [-0.39, 0.29) is 59.0 Å². The first-order valence-electron chi connectivity index (χ1n) is 13.2. The zero-order chi connectivity index (χ0) is 30.0. The van der Waals surface area contributed by atoms with Crippen LogP contribution in [0.2, 0.25) is 5.02 Å². The lowest BCUT2D eigenvalue weighted by atomic mass is 9.88. The van der Waals surface area contributed by atoms with Gasteiger partial charge in [0.2, 0.25) is 5.88 Å². The van der Waals surface area contributed by atoms with Crippen LogP contribution in [0.5, 0.6) is 17.4 Å². The average molecular weight is 592 g/mol. The van der Waals surface area contributed by atoms with E-state index in [0.717, 1.165) is 0 Å². The molecule has 4 aromatic rings. The fraction of sp³-hybridized carbons (Fsp3) is 0.258. The van der Waals surface area contributed by atoms with Gasteiger partial charge in [-0.3, -0.25) is 19.4 Å². The summed E-state index contributed by atoms with van der Waals surface area (Å²) in [5.41, 5.74) is 6.21. The Bertz CT molecular complexity index is 1690. The number of amides is 1. The van der Waals surface area contributed by atoms with Crippen LogP contribution in [0.4, 0.5) is 4.39 Å². The molecule has 1 unspecified atom stereocenters. The van der Waals surface area contributed by atoms with Crippen molar-refractivity contribution in [3.8, 4) is 17.4 Å². The van der Waals surface area contributed by atoms with Gasteiger partial charge in [0.1, 0.15) is 28.9 Å². The number of halogens is 2. The third kappa shape index (κ3) is 6.24. The molecule has 2 aromatic carbocycles. The zero-order valence-electron chi connectivity index (χ0n) is 22.6. The molecule has 216 valence electrons. The highest BCUT2D eigenvalue weighted by Gasteiger charge is 2.54. The van der Waals surface area contributed by atoms with Gasteiger partial charge in [-0.1, -0.05) is 23.7 Å². The van der Waals surface area contributed by atoms with Crippen LogP contribution in [-0.4, -0.2) is 45.3 Å². The van der Waals surface area contributed by atoms with Gasteiger partial charge in [-0.2, -0.15) is 0 Å². The highest BCUT2D eigenvalue weighted by atomic mass is 35.5. The first-order valence-corrected chi connectivity index (χ1v) is 13.6. The summed E-state index contributed by atoms with van der Waals surface area (Å²) in [5.74, 6) is -0.987. The molecule has 0 radical (unpaired) electrons. The van der Waals surface area contributed by atoms with E-state index in [2.05, 4.69) is 9.97 Å². The van der Waals surface area contributed by atoms with Gasteiger partial charge in [-0.25, -0.2) is 9.37 Å². The zero-order valence-corrected chi connectivity index (χ0v) is 23.4. The van der Waals surface area contributed by atoms with Gasteiger partial charge < -0.3 is 20.3 Å². The van der Waals surface area contributed by atoms with Crippen molar-refractivity contribution in [2.45, 2.75) is 38.7 Å². The standard InChI is InChI=1S/C31H27ClFN3O6/c1-17(37)16-41-26-14-24-21(13-22(26)29(34)40)25(6-9-35-24)42-30-23(32)10-19(15-36-30)12-28(39)31(7-8-31)27(38)11-18-2-4-20(33)5-3-18/h2-6,9-10,13-15,17,37H,7-8,11-12,16H2,1H3,(H2,34,40). The lowest BCUT2D eigenvalue weighted by molar-refractivity contribution is -0.133. The number of aliphatic hydroxyl groups is 1. The van der Waals surface area contributed by atoms with Gasteiger partial charge in [-0.15, -0.1) is 0 Å². The molecule has 0 spiro atoms. The van der Waals surface area contributed by atoms with Crippen LogP contribution in [0.3, 0.4) is 0 Å². The Hall–Kier alpha value is -4.41. The predicted molar refractivity (Wildman–Crippen MR) is 152 cm³/mol. The number of benzene rings is 2. The maximum absolute atomic E-state index is 13.2. The number of aromatic nitrogens is 2. The van der Waals surface area contributed by atoms with E-state index in [1.54, 1.807) is 31.2 Å². The summed E-state index contributed by atoms with van der Waals surface area (Å²) in [6, 6.07) is 11.8. The Kier molecular flexibility index (Phi) is 8.20. The molecule has 1 saturated carbocycles. The van der Waals surface area contributed by atoms with Gasteiger partial charge >= 0.3 is 0 Å². The van der Waals surface area contributed by atoms with Crippen LogP contribution in [0.15, 0.2) is 60.9 Å². The average Bonchev–Trinajstić information content (AvgIpc) is 3.77. The molecule has 1 aliphatic carbocycles. The third-order valence-electron chi connectivity index (χ3n) is 7.08. The second-order valence-electron chi connectivity index (χ2n) is 10.3. The molecule has 2 heterocycles. The largest absolute Gasteiger partial charge is 0.490 e. The number of carbonyl (C=O) groups excluding carboxylic acids is 3. The first-order chi connectivity index (χ1) is 20.1. The van der Waals surface area contributed by atoms with Crippen molar-refractivity contribution in [3.05, 3.63) is 88.5 Å². The predicted octanol–water partition coefficient (Wildman–Crippen LogP) is 4.78. The lowest BCUT2D eigenvalue weighted by Crippen LogP contribution is -2.29. The van der Waals surface area contributed by atoms with Crippen molar-refractivity contribution in [2.24, 2.45) is 11.1 Å². The van der Waals surface area contributed by atoms with E-state index in [4.69, 9.17) is 26.8 Å². The van der Waals surface area contributed by atoms with E-state index in [0.29, 0.717) is 40.6 Å². The minimum atomic E-state index is -1.04. The van der Waals surface area contributed by atoms with Crippen LogP contribution in [0.1, 0.15) is 41.3 Å². The molecule has 9 nitrogen and oxygen atoms in total. The molecular formula is C31H27ClFN3O6. The number of nitrogens with two attached hydrogens (primary N) is 1. The molecule has 1 amide bonds. The normalized spacial score (nSPS) is 14.3. The lowest BCUT2D eigenvalue weighted by Gasteiger charge is -2.15. The summed E-state index contributed by atoms with van der Waals surface area (Å²) in [7, 11) is 0. The molecule has 0 bridgehead atoms. The minimum Gasteiger partial charge on any atom is -0.490 e. The molecule has 0 aliphatic heterocycles. The molecule has 1 atom stereocenters. The van der Waals surface area contributed by atoms with Crippen molar-refractivity contribution >= 4 is 40.0 Å². The highest BCUT2D eigenvalue weighted by molar-refractivity contribution is 6.32. The number of fused-ring (bicyclic) bond motifs is 1. The summed E-state index contributed by atoms with van der Waals surface area (Å²) in [6.45, 7) is 1.51. The van der Waals surface area contributed by atoms with E-state index in [1.165, 1.54) is 36.7 Å². The molecule has 2 aromatic heterocycles. The number of ether oxygens (including phenoxy) is 2. The minimum absolute atomic E-state index is 0.0302. The number of pyridine rings is 2. The SMILES string of the molecule is CC(O)COc1cc2nccc(Oc3ncc(CC(=O)C4(C(=O)Cc5ccc(F)cc5)CC4)cc3Cl)c2cc1C(N)=O. The number of hydrogen-bond donors (Lipinski definition) is 2. The summed E-state index contributed by atoms with van der Waals surface area (Å²) >= 11 is 6.47. The summed E-state index contributed by atoms with van der Waals surface area (Å²) in [5, 5.41) is 10.1. The molecule has 1 fully saturated rings. The van der Waals surface area contributed by atoms with Crippen molar-refractivity contribution in [3.63, 3.8) is 0 Å². The van der Waals surface area contributed by atoms with Gasteiger partial charge in [0, 0.05) is 36.7 Å². The van der Waals surface area contributed by atoms with Gasteiger partial charge in [-0.05, 0) is 61.2 Å². The maximum atomic E-state index is 13.2. The number of ketones is 2. The Balaban J connectivity index is 1.32. The second kappa shape index (κ2) is 11.8. The number of rotatable bonds is 12. The monoisotopic (exact) mass is 591 g/mol. The number of nitrogens with zero attached hydrogens (tertiary/aromatic N) is 2. The van der Waals surface area contributed by atoms with Crippen molar-refractivity contribution < 1.29 is 33.4 Å². The fourth-order valence-corrected chi connectivity index (χ4v) is 4.88. The number of carbonyl (C=O) groups is 3. The first kappa shape index (κ1) is 29.1. The van der Waals surface area contributed by atoms with Gasteiger partial charge in [0.15, 0.2) is 11.6 Å². The molecule has 5 rings (SSSR count). The molecule has 3 N–H and O–H groups in total. The Morgan fingerprint density at radius 3 is 2.33 bits per heavy atom. The Morgan fingerprint density at radius 2 is 1.71 bits per heavy atom. The van der Waals surface area contributed by atoms with Crippen LogP contribution in [0.25, 0.3) is 10.9 Å². The molecule has 1 aliphatic rings. The van der Waals surface area contributed by atoms with Gasteiger partial charge in [0.25, 0.3) is 5.91 Å². The summed E-state index contributed by atoms with van der Waals surface area (Å²) in [6.07, 6.45) is 3.18. The fourth-order valence-electron chi connectivity index (χ4n) is 4.65. The topological polar surface area (TPSA) is 142 Å². The number of primary amides is 1. The van der Waals surface area contributed by atoms with Crippen LogP contribution in [-0.2, 0) is 22.4 Å². The van der Waals surface area contributed by atoms with E-state index < -0.39 is 17.4 Å². The second-order valence-corrected chi connectivity index (χ2v) is 10.7. The molecule has 0 saturated heterocycles. The molecular weight excluding hydrogens is 565 g/mol. The number of Topliss-reactive ketones (excluding diaryl/α,β-unsaturated/α-hetero) is 2. The van der Waals surface area contributed by atoms with E-state index >= 15 is 0 Å². The Labute approximate surface area is 245 Å². The Morgan fingerprint density at radius 1 is 1.02 bits per heavy atom. The smallest absolute Gasteiger partial charge is 0.252 e. The maximum Gasteiger partial charge on any atom is 0.252 e. The number of hydrogen-bond acceptors (Lipinski definition) is 8. The quantitative estimate of drug-likeness (QED) is 0.224. The van der Waals surface area contributed by atoms with Crippen molar-refractivity contribution in [2.75, 3.05) is 6.61 Å². The molecule has 42 heavy (non-hydrogen) atoms. The van der Waals surface area contributed by atoms with Crippen molar-refractivity contribution in [1.29, 1.82) is 0 Å². The van der Waals surface area contributed by atoms with Crippen LogP contribution < -0.4 is 15.2 Å². The third-order valence-corrected chi connectivity index (χ3v) is 7.35.